The molecule has 1 heterocycles. The molecule has 1 saturated heterocycles. The third kappa shape index (κ3) is 2.73. The highest BCUT2D eigenvalue weighted by Crippen LogP contribution is 2.43. The smallest absolute Gasteiger partial charge is 0.0596 e. The first-order valence-corrected chi connectivity index (χ1v) is 6.46. The van der Waals surface area contributed by atoms with E-state index in [2.05, 4.69) is 6.92 Å². The van der Waals surface area contributed by atoms with Gasteiger partial charge in [0, 0.05) is 13.2 Å². The zero-order chi connectivity index (χ0) is 10.7. The van der Waals surface area contributed by atoms with Crippen molar-refractivity contribution in [3.8, 4) is 0 Å². The molecule has 1 N–H and O–H groups in total. The van der Waals surface area contributed by atoms with Gasteiger partial charge in [-0.3, -0.25) is 0 Å². The molecule has 1 atom stereocenters. The molecule has 0 radical (unpaired) electrons. The molecule has 0 amide bonds. The number of hydrogen-bond acceptors (Lipinski definition) is 2. The van der Waals surface area contributed by atoms with E-state index in [0.29, 0.717) is 5.92 Å². The van der Waals surface area contributed by atoms with Gasteiger partial charge in [-0.15, -0.1) is 0 Å². The maximum Gasteiger partial charge on any atom is 0.0596 e. The molecular formula is C13H24O2. The quantitative estimate of drug-likeness (QED) is 0.779. The highest BCUT2D eigenvalue weighted by Gasteiger charge is 2.37. The van der Waals surface area contributed by atoms with Crippen LogP contribution in [0.2, 0.25) is 0 Å². The molecule has 0 aromatic carbocycles. The van der Waals surface area contributed by atoms with Gasteiger partial charge in [-0.1, -0.05) is 19.8 Å². The SMILES string of the molecule is CC1(C(O)CC2CCOCC2)CCCC1. The number of aliphatic hydroxyl groups excluding tert-OH is 1. The fourth-order valence-corrected chi connectivity index (χ4v) is 3.10. The van der Waals surface area contributed by atoms with Crippen molar-refractivity contribution in [3.63, 3.8) is 0 Å². The molecule has 0 bridgehead atoms. The molecule has 2 rings (SSSR count). The van der Waals surface area contributed by atoms with E-state index in [1.807, 2.05) is 0 Å². The summed E-state index contributed by atoms with van der Waals surface area (Å²) < 4.78 is 5.35. The van der Waals surface area contributed by atoms with E-state index in [9.17, 15) is 5.11 Å². The summed E-state index contributed by atoms with van der Waals surface area (Å²) in [6, 6.07) is 0. The van der Waals surface area contributed by atoms with E-state index in [0.717, 1.165) is 32.5 Å². The Balaban J connectivity index is 1.82. The number of hydrogen-bond donors (Lipinski definition) is 1. The first-order chi connectivity index (χ1) is 7.21. The van der Waals surface area contributed by atoms with Gasteiger partial charge in [0.05, 0.1) is 6.10 Å². The fourth-order valence-electron chi connectivity index (χ4n) is 3.10. The van der Waals surface area contributed by atoms with Gasteiger partial charge in [0.1, 0.15) is 0 Å². The molecule has 2 fully saturated rings. The largest absolute Gasteiger partial charge is 0.393 e. The van der Waals surface area contributed by atoms with Crippen molar-refractivity contribution < 1.29 is 9.84 Å². The van der Waals surface area contributed by atoms with Gasteiger partial charge in [-0.2, -0.15) is 0 Å². The van der Waals surface area contributed by atoms with E-state index < -0.39 is 0 Å². The third-order valence-corrected chi connectivity index (χ3v) is 4.45. The summed E-state index contributed by atoms with van der Waals surface area (Å²) in [6.45, 7) is 4.06. The Hall–Kier alpha value is -0.0800. The molecule has 15 heavy (non-hydrogen) atoms. The van der Waals surface area contributed by atoms with E-state index in [-0.39, 0.29) is 11.5 Å². The lowest BCUT2D eigenvalue weighted by molar-refractivity contribution is -0.00337. The van der Waals surface area contributed by atoms with Gasteiger partial charge in [-0.25, -0.2) is 0 Å². The zero-order valence-electron chi connectivity index (χ0n) is 9.87. The molecule has 1 aliphatic heterocycles. The van der Waals surface area contributed by atoms with Crippen LogP contribution >= 0.6 is 0 Å². The standard InChI is InChI=1S/C13H24O2/c1-13(6-2-3-7-13)12(14)10-11-4-8-15-9-5-11/h11-12,14H,2-10H2,1H3. The van der Waals surface area contributed by atoms with Crippen molar-refractivity contribution in [3.05, 3.63) is 0 Å². The van der Waals surface area contributed by atoms with Gasteiger partial charge < -0.3 is 9.84 Å². The summed E-state index contributed by atoms with van der Waals surface area (Å²) in [6.07, 6.45) is 8.26. The highest BCUT2D eigenvalue weighted by molar-refractivity contribution is 4.88. The van der Waals surface area contributed by atoms with Gasteiger partial charge in [0.2, 0.25) is 0 Å². The van der Waals surface area contributed by atoms with Crippen LogP contribution in [-0.2, 0) is 4.74 Å². The fraction of sp³-hybridized carbons (Fsp3) is 1.00. The van der Waals surface area contributed by atoms with Crippen molar-refractivity contribution in [2.75, 3.05) is 13.2 Å². The summed E-state index contributed by atoms with van der Waals surface area (Å²) in [4.78, 5) is 0. The predicted octanol–water partition coefficient (Wildman–Crippen LogP) is 2.74. The molecule has 88 valence electrons. The van der Waals surface area contributed by atoms with E-state index >= 15 is 0 Å². The van der Waals surface area contributed by atoms with Crippen LogP contribution in [0.1, 0.15) is 51.9 Å². The van der Waals surface area contributed by atoms with Crippen LogP contribution in [0.5, 0.6) is 0 Å². The van der Waals surface area contributed by atoms with Crippen LogP contribution in [0.4, 0.5) is 0 Å². The average Bonchev–Trinajstić information content (AvgIpc) is 2.68. The number of rotatable bonds is 3. The molecule has 2 heteroatoms. The summed E-state index contributed by atoms with van der Waals surface area (Å²) in [5, 5.41) is 10.3. The Morgan fingerprint density at radius 1 is 1.27 bits per heavy atom. The first kappa shape index (κ1) is 11.4. The molecule has 1 saturated carbocycles. The summed E-state index contributed by atoms with van der Waals surface area (Å²) >= 11 is 0. The summed E-state index contributed by atoms with van der Waals surface area (Å²) in [7, 11) is 0. The number of aliphatic hydroxyl groups is 1. The topological polar surface area (TPSA) is 29.5 Å². The lowest BCUT2D eigenvalue weighted by Gasteiger charge is -2.33. The summed E-state index contributed by atoms with van der Waals surface area (Å²) in [5.41, 5.74) is 0.221. The minimum absolute atomic E-state index is 0.0805. The van der Waals surface area contributed by atoms with E-state index in [1.165, 1.54) is 25.7 Å². The van der Waals surface area contributed by atoms with Crippen molar-refractivity contribution in [1.82, 2.24) is 0 Å². The van der Waals surface area contributed by atoms with Crippen molar-refractivity contribution >= 4 is 0 Å². The number of ether oxygens (including phenoxy) is 1. The molecule has 2 aliphatic rings. The Bertz CT molecular complexity index is 191. The minimum Gasteiger partial charge on any atom is -0.393 e. The van der Waals surface area contributed by atoms with Gasteiger partial charge in [0.25, 0.3) is 0 Å². The van der Waals surface area contributed by atoms with Crippen LogP contribution in [-0.4, -0.2) is 24.4 Å². The molecule has 0 spiro atoms. The van der Waals surface area contributed by atoms with Crippen molar-refractivity contribution in [2.24, 2.45) is 11.3 Å². The summed E-state index contributed by atoms with van der Waals surface area (Å²) in [5.74, 6) is 0.700. The van der Waals surface area contributed by atoms with E-state index in [4.69, 9.17) is 4.74 Å². The predicted molar refractivity (Wildman–Crippen MR) is 60.7 cm³/mol. The van der Waals surface area contributed by atoms with Gasteiger partial charge >= 0.3 is 0 Å². The molecule has 1 aliphatic carbocycles. The second-order valence-electron chi connectivity index (χ2n) is 5.67. The Morgan fingerprint density at radius 2 is 1.87 bits per heavy atom. The van der Waals surface area contributed by atoms with Crippen LogP contribution in [0, 0.1) is 11.3 Å². The minimum atomic E-state index is -0.0805. The molecule has 2 nitrogen and oxygen atoms in total. The third-order valence-electron chi connectivity index (χ3n) is 4.45. The second kappa shape index (κ2) is 4.84. The molecule has 1 unspecified atom stereocenters. The Labute approximate surface area is 93.0 Å². The maximum absolute atomic E-state index is 10.3. The average molecular weight is 212 g/mol. The molecule has 0 aromatic heterocycles. The normalized spacial score (nSPS) is 29.2. The lowest BCUT2D eigenvalue weighted by atomic mass is 9.77. The van der Waals surface area contributed by atoms with Crippen LogP contribution in [0.25, 0.3) is 0 Å². The molecular weight excluding hydrogens is 188 g/mol. The Morgan fingerprint density at radius 3 is 2.47 bits per heavy atom. The van der Waals surface area contributed by atoms with E-state index in [1.54, 1.807) is 0 Å². The van der Waals surface area contributed by atoms with Gasteiger partial charge in [0.15, 0.2) is 0 Å². The van der Waals surface area contributed by atoms with Crippen LogP contribution in [0.3, 0.4) is 0 Å². The van der Waals surface area contributed by atoms with Crippen molar-refractivity contribution in [2.45, 2.75) is 58.0 Å². The van der Waals surface area contributed by atoms with Crippen LogP contribution < -0.4 is 0 Å². The molecule has 0 aromatic rings. The van der Waals surface area contributed by atoms with Crippen LogP contribution in [0.15, 0.2) is 0 Å². The second-order valence-corrected chi connectivity index (χ2v) is 5.67. The monoisotopic (exact) mass is 212 g/mol. The van der Waals surface area contributed by atoms with Crippen molar-refractivity contribution in [1.29, 1.82) is 0 Å². The maximum atomic E-state index is 10.3. The zero-order valence-corrected chi connectivity index (χ0v) is 9.87. The highest BCUT2D eigenvalue weighted by atomic mass is 16.5. The Kier molecular flexibility index (Phi) is 3.68. The first-order valence-electron chi connectivity index (χ1n) is 6.46. The van der Waals surface area contributed by atoms with Gasteiger partial charge in [-0.05, 0) is 43.4 Å². The lowest BCUT2D eigenvalue weighted by Crippen LogP contribution is -2.32.